The Bertz CT molecular complexity index is 244. The summed E-state index contributed by atoms with van der Waals surface area (Å²) in [5.41, 5.74) is 0. The van der Waals surface area contributed by atoms with Gasteiger partial charge in [-0.2, -0.15) is 0 Å². The highest BCUT2D eigenvalue weighted by molar-refractivity contribution is 14.1. The van der Waals surface area contributed by atoms with Crippen LogP contribution in [0.3, 0.4) is 0 Å². The van der Waals surface area contributed by atoms with Gasteiger partial charge in [-0.15, -0.1) is 22.2 Å². The Morgan fingerprint density at radius 3 is 1.00 bits per heavy atom. The standard InChI is InChI=1S/C20H41Cl2ISi/c1-24(21,22)20-18-16-14-12-10-8-6-4-2-3-5-7-9-11-13-15-17-19-23/h2-20H2,1H3. The maximum absolute atomic E-state index is 6.11. The first-order valence-corrected chi connectivity index (χ1v) is 16.8. The molecule has 0 saturated heterocycles. The number of hydrogen-bond donors (Lipinski definition) is 0. The lowest BCUT2D eigenvalue weighted by Gasteiger charge is -2.09. The SMILES string of the molecule is C[Si](Cl)(Cl)CCCCCCCCCCCCCCCCCCCI. The topological polar surface area (TPSA) is 0 Å². The molecule has 0 atom stereocenters. The zero-order valence-electron chi connectivity index (χ0n) is 16.1. The molecule has 0 aliphatic carbocycles. The summed E-state index contributed by atoms with van der Waals surface area (Å²) in [5.74, 6) is 0. The van der Waals surface area contributed by atoms with Gasteiger partial charge in [0.15, 0.2) is 0 Å². The summed E-state index contributed by atoms with van der Waals surface area (Å²) in [4.78, 5) is 0. The van der Waals surface area contributed by atoms with Crippen LogP contribution in [0.15, 0.2) is 0 Å². The first-order valence-electron chi connectivity index (χ1n) is 10.5. The van der Waals surface area contributed by atoms with Crippen molar-refractivity contribution < 1.29 is 0 Å². The highest BCUT2D eigenvalue weighted by Crippen LogP contribution is 2.23. The molecule has 0 aliphatic rings. The maximum Gasteiger partial charge on any atom is 0.248 e. The predicted molar refractivity (Wildman–Crippen MR) is 126 cm³/mol. The van der Waals surface area contributed by atoms with Crippen molar-refractivity contribution in [3.63, 3.8) is 0 Å². The second-order valence-corrected chi connectivity index (χ2v) is 16.8. The van der Waals surface area contributed by atoms with Crippen molar-refractivity contribution in [2.24, 2.45) is 0 Å². The highest BCUT2D eigenvalue weighted by atomic mass is 127. The molecule has 24 heavy (non-hydrogen) atoms. The normalized spacial score (nSPS) is 12.0. The summed E-state index contributed by atoms with van der Waals surface area (Å²) in [6.07, 6.45) is 24.2. The lowest BCUT2D eigenvalue weighted by Crippen LogP contribution is -2.11. The summed E-state index contributed by atoms with van der Waals surface area (Å²) >= 11 is 14.7. The van der Waals surface area contributed by atoms with Crippen LogP contribution < -0.4 is 0 Å². The third-order valence-corrected chi connectivity index (χ3v) is 7.88. The van der Waals surface area contributed by atoms with E-state index in [1.807, 2.05) is 6.55 Å². The molecule has 0 aromatic carbocycles. The van der Waals surface area contributed by atoms with Gasteiger partial charge >= 0.3 is 0 Å². The summed E-state index contributed by atoms with van der Waals surface area (Å²) < 4.78 is 1.33. The average Bonchev–Trinajstić information content (AvgIpc) is 2.52. The first kappa shape index (κ1) is 25.5. The van der Waals surface area contributed by atoms with E-state index in [1.165, 1.54) is 114 Å². The molecule has 0 radical (unpaired) electrons. The average molecular weight is 507 g/mol. The van der Waals surface area contributed by atoms with Gasteiger partial charge in [0.2, 0.25) is 6.69 Å². The Morgan fingerprint density at radius 1 is 0.500 bits per heavy atom. The molecular formula is C20H41Cl2ISi. The van der Waals surface area contributed by atoms with Crippen LogP contribution in [0, 0.1) is 0 Å². The van der Waals surface area contributed by atoms with E-state index in [-0.39, 0.29) is 0 Å². The molecule has 0 unspecified atom stereocenters. The Morgan fingerprint density at radius 2 is 0.750 bits per heavy atom. The summed E-state index contributed by atoms with van der Waals surface area (Å²) in [6, 6.07) is 1.06. The summed E-state index contributed by atoms with van der Waals surface area (Å²) in [6.45, 7) is 0.207. The number of alkyl halides is 1. The fourth-order valence-electron chi connectivity index (χ4n) is 3.18. The minimum Gasteiger partial charge on any atom is -0.146 e. The molecule has 0 amide bonds. The zero-order chi connectivity index (χ0) is 17.9. The molecule has 0 bridgehead atoms. The third kappa shape index (κ3) is 23.5. The van der Waals surface area contributed by atoms with Crippen LogP contribution in [0.25, 0.3) is 0 Å². The maximum atomic E-state index is 6.11. The van der Waals surface area contributed by atoms with Gasteiger partial charge in [0, 0.05) is 0 Å². The van der Waals surface area contributed by atoms with Crippen LogP contribution in [0.2, 0.25) is 12.6 Å². The highest BCUT2D eigenvalue weighted by Gasteiger charge is 2.19. The number of halogens is 3. The largest absolute Gasteiger partial charge is 0.248 e. The van der Waals surface area contributed by atoms with E-state index in [2.05, 4.69) is 22.6 Å². The van der Waals surface area contributed by atoms with Crippen molar-refractivity contribution in [2.75, 3.05) is 4.43 Å². The second-order valence-electron chi connectivity index (χ2n) is 7.52. The molecule has 0 aliphatic heterocycles. The summed E-state index contributed by atoms with van der Waals surface area (Å²) in [5, 5.41) is 0. The molecule has 0 nitrogen and oxygen atoms in total. The first-order chi connectivity index (χ1) is 11.6. The van der Waals surface area contributed by atoms with E-state index in [1.54, 1.807) is 0 Å². The molecular weight excluding hydrogens is 466 g/mol. The molecule has 146 valence electrons. The van der Waals surface area contributed by atoms with Crippen LogP contribution >= 0.6 is 44.7 Å². The van der Waals surface area contributed by atoms with Gasteiger partial charge in [-0.25, -0.2) is 0 Å². The molecule has 4 heteroatoms. The molecule has 0 spiro atoms. The van der Waals surface area contributed by atoms with Gasteiger partial charge in [-0.05, 0) is 23.4 Å². The van der Waals surface area contributed by atoms with Crippen molar-refractivity contribution in [3.05, 3.63) is 0 Å². The van der Waals surface area contributed by atoms with E-state index < -0.39 is 6.69 Å². The van der Waals surface area contributed by atoms with Crippen LogP contribution in [0.5, 0.6) is 0 Å². The van der Waals surface area contributed by atoms with Crippen molar-refractivity contribution in [2.45, 2.75) is 122 Å². The second kappa shape index (κ2) is 19.3. The van der Waals surface area contributed by atoms with E-state index >= 15 is 0 Å². The molecule has 0 heterocycles. The molecule has 0 rings (SSSR count). The van der Waals surface area contributed by atoms with Crippen LogP contribution in [0.1, 0.15) is 109 Å². The van der Waals surface area contributed by atoms with Gasteiger partial charge in [-0.1, -0.05) is 125 Å². The fourth-order valence-corrected chi connectivity index (χ4v) is 5.39. The van der Waals surface area contributed by atoms with E-state index in [9.17, 15) is 0 Å². The summed E-state index contributed by atoms with van der Waals surface area (Å²) in [7, 11) is 0. The molecule has 0 fully saturated rings. The van der Waals surface area contributed by atoms with Crippen molar-refractivity contribution in [1.82, 2.24) is 0 Å². The van der Waals surface area contributed by atoms with E-state index in [0.717, 1.165) is 6.04 Å². The minimum atomic E-state index is -1.82. The van der Waals surface area contributed by atoms with Gasteiger partial charge in [0.05, 0.1) is 0 Å². The Hall–Kier alpha value is 1.53. The smallest absolute Gasteiger partial charge is 0.146 e. The molecule has 0 saturated carbocycles. The van der Waals surface area contributed by atoms with E-state index in [4.69, 9.17) is 22.2 Å². The van der Waals surface area contributed by atoms with Crippen LogP contribution in [-0.2, 0) is 0 Å². The van der Waals surface area contributed by atoms with Gasteiger partial charge < -0.3 is 0 Å². The van der Waals surface area contributed by atoms with Crippen molar-refractivity contribution in [1.29, 1.82) is 0 Å². The molecule has 0 aromatic heterocycles. The Balaban J connectivity index is 3.00. The monoisotopic (exact) mass is 506 g/mol. The molecule has 0 aromatic rings. The van der Waals surface area contributed by atoms with Gasteiger partial charge in [0.1, 0.15) is 0 Å². The van der Waals surface area contributed by atoms with Crippen LogP contribution in [0.4, 0.5) is 0 Å². The van der Waals surface area contributed by atoms with Gasteiger partial charge in [-0.3, -0.25) is 0 Å². The fraction of sp³-hybridized carbons (Fsp3) is 1.00. The van der Waals surface area contributed by atoms with Crippen molar-refractivity contribution in [3.8, 4) is 0 Å². The van der Waals surface area contributed by atoms with Gasteiger partial charge in [0.25, 0.3) is 0 Å². The number of hydrogen-bond acceptors (Lipinski definition) is 0. The quantitative estimate of drug-likeness (QED) is 0.0537. The number of rotatable bonds is 19. The molecule has 0 N–H and O–H groups in total. The lowest BCUT2D eigenvalue weighted by atomic mass is 10.0. The Kier molecular flexibility index (Phi) is 20.5. The third-order valence-electron chi connectivity index (χ3n) is 4.75. The Labute approximate surface area is 176 Å². The van der Waals surface area contributed by atoms with Crippen molar-refractivity contribution >= 4 is 51.4 Å². The van der Waals surface area contributed by atoms with E-state index in [0.29, 0.717) is 0 Å². The number of unbranched alkanes of at least 4 members (excludes halogenated alkanes) is 16. The lowest BCUT2D eigenvalue weighted by molar-refractivity contribution is 0.529. The van der Waals surface area contributed by atoms with Crippen LogP contribution in [-0.4, -0.2) is 11.1 Å². The predicted octanol–water partition coefficient (Wildman–Crippen LogP) is 9.60. The zero-order valence-corrected chi connectivity index (χ0v) is 20.7. The minimum absolute atomic E-state index is 1.06.